The highest BCUT2D eigenvalue weighted by Crippen LogP contribution is 1.97. The van der Waals surface area contributed by atoms with Gasteiger partial charge < -0.3 is 16.2 Å². The van der Waals surface area contributed by atoms with Crippen molar-refractivity contribution >= 4 is 5.97 Å². The molecule has 1 aromatic rings. The first-order valence-corrected chi connectivity index (χ1v) is 6.66. The smallest absolute Gasteiger partial charge is 0.320 e. The minimum Gasteiger partial charge on any atom is -0.480 e. The van der Waals surface area contributed by atoms with Gasteiger partial charge in [-0.25, -0.2) is 0 Å². The van der Waals surface area contributed by atoms with E-state index in [0.29, 0.717) is 13.0 Å². The lowest BCUT2D eigenvalue weighted by atomic mass is 10.2. The Bertz CT molecular complexity index is 337. The Balaban J connectivity index is 0.000000711. The molecule has 0 spiro atoms. The van der Waals surface area contributed by atoms with Crippen LogP contribution >= 0.6 is 0 Å². The zero-order valence-corrected chi connectivity index (χ0v) is 12.1. The van der Waals surface area contributed by atoms with Gasteiger partial charge in [0, 0.05) is 6.54 Å². The number of hydrogen-bond donors (Lipinski definition) is 3. The van der Waals surface area contributed by atoms with Gasteiger partial charge in [-0.15, -0.1) is 0 Å². The highest BCUT2D eigenvalue weighted by atomic mass is 16.4. The van der Waals surface area contributed by atoms with Crippen LogP contribution in [0.4, 0.5) is 0 Å². The summed E-state index contributed by atoms with van der Waals surface area (Å²) in [6, 6.07) is 9.17. The van der Waals surface area contributed by atoms with E-state index in [0.717, 1.165) is 12.5 Å². The van der Waals surface area contributed by atoms with Gasteiger partial charge in [0.1, 0.15) is 6.04 Å². The zero-order valence-electron chi connectivity index (χ0n) is 12.1. The van der Waals surface area contributed by atoms with E-state index >= 15 is 0 Å². The predicted molar refractivity (Wildman–Crippen MR) is 78.9 cm³/mol. The first kappa shape index (κ1) is 17.6. The molecule has 0 heterocycles. The van der Waals surface area contributed by atoms with E-state index in [1.54, 1.807) is 0 Å². The quantitative estimate of drug-likeness (QED) is 0.690. The minimum absolute atomic E-state index is 0.447. The average molecular weight is 266 g/mol. The van der Waals surface area contributed by atoms with Crippen molar-refractivity contribution in [2.45, 2.75) is 39.8 Å². The molecule has 0 aliphatic rings. The highest BCUT2D eigenvalue weighted by Gasteiger charge is 2.09. The van der Waals surface area contributed by atoms with E-state index in [4.69, 9.17) is 10.8 Å². The van der Waals surface area contributed by atoms with Gasteiger partial charge in [0.15, 0.2) is 0 Å². The summed E-state index contributed by atoms with van der Waals surface area (Å²) < 4.78 is 0. The van der Waals surface area contributed by atoms with Crippen molar-refractivity contribution in [2.24, 2.45) is 11.7 Å². The van der Waals surface area contributed by atoms with Crippen molar-refractivity contribution in [1.29, 1.82) is 0 Å². The van der Waals surface area contributed by atoms with Crippen LogP contribution < -0.4 is 11.1 Å². The molecular formula is C15H26N2O2. The Hall–Kier alpha value is -1.39. The molecule has 0 bridgehead atoms. The van der Waals surface area contributed by atoms with E-state index in [9.17, 15) is 4.79 Å². The normalized spacial score (nSPS) is 11.6. The number of aliphatic carboxylic acids is 1. The summed E-state index contributed by atoms with van der Waals surface area (Å²) in [5, 5.41) is 11.7. The molecule has 0 saturated carbocycles. The molecule has 1 atom stereocenters. The van der Waals surface area contributed by atoms with E-state index < -0.39 is 12.0 Å². The zero-order chi connectivity index (χ0) is 14.7. The lowest BCUT2D eigenvalue weighted by Crippen LogP contribution is -2.33. The molecule has 4 N–H and O–H groups in total. The average Bonchev–Trinajstić information content (AvgIpc) is 2.35. The molecule has 0 aliphatic carbocycles. The summed E-state index contributed by atoms with van der Waals surface area (Å²) in [6.07, 6.45) is 0.447. The monoisotopic (exact) mass is 266 g/mol. The van der Waals surface area contributed by atoms with Gasteiger partial charge in [-0.3, -0.25) is 4.79 Å². The lowest BCUT2D eigenvalue weighted by Gasteiger charge is -2.07. The third-order valence-corrected chi connectivity index (χ3v) is 2.12. The van der Waals surface area contributed by atoms with Crippen LogP contribution in [0.25, 0.3) is 0 Å². The molecule has 0 fully saturated rings. The predicted octanol–water partition coefficient (Wildman–Crippen LogP) is 2.24. The van der Waals surface area contributed by atoms with Crippen LogP contribution in [0.5, 0.6) is 0 Å². The fraction of sp³-hybridized carbons (Fsp3) is 0.533. The second kappa shape index (κ2) is 10.5. The fourth-order valence-electron chi connectivity index (χ4n) is 1.21. The molecule has 1 rings (SSSR count). The van der Waals surface area contributed by atoms with Crippen molar-refractivity contribution in [3.05, 3.63) is 35.9 Å². The second-order valence-corrected chi connectivity index (χ2v) is 5.13. The largest absolute Gasteiger partial charge is 0.480 e. The van der Waals surface area contributed by atoms with Gasteiger partial charge in [-0.1, -0.05) is 51.1 Å². The number of hydrogen-bond acceptors (Lipinski definition) is 3. The van der Waals surface area contributed by atoms with Crippen molar-refractivity contribution in [1.82, 2.24) is 5.32 Å². The summed E-state index contributed by atoms with van der Waals surface area (Å²) in [4.78, 5) is 10.4. The molecule has 0 aromatic heterocycles. The summed E-state index contributed by atoms with van der Waals surface area (Å²) >= 11 is 0. The number of nitrogens with two attached hydrogens (primary N) is 1. The standard InChI is InChI=1S/C11H16N2O2.C4H10/c12-10(11(14)15)6-7-13-8-9-4-2-1-3-5-9;1-4(2)3/h1-5,10,13H,6-8,12H2,(H,14,15);4H,1-3H3. The third kappa shape index (κ3) is 11.4. The minimum atomic E-state index is -0.948. The Labute approximate surface area is 116 Å². The van der Waals surface area contributed by atoms with E-state index in [-0.39, 0.29) is 0 Å². The summed E-state index contributed by atoms with van der Waals surface area (Å²) in [5.41, 5.74) is 6.54. The van der Waals surface area contributed by atoms with Gasteiger partial charge in [0.2, 0.25) is 0 Å². The third-order valence-electron chi connectivity index (χ3n) is 2.12. The van der Waals surface area contributed by atoms with E-state index in [2.05, 4.69) is 26.1 Å². The first-order chi connectivity index (χ1) is 8.93. The number of carboxylic acids is 1. The molecule has 108 valence electrons. The maximum atomic E-state index is 10.4. The van der Waals surface area contributed by atoms with Crippen molar-refractivity contribution in [3.8, 4) is 0 Å². The van der Waals surface area contributed by atoms with Crippen LogP contribution in [0.2, 0.25) is 0 Å². The molecule has 0 radical (unpaired) electrons. The molecule has 19 heavy (non-hydrogen) atoms. The molecule has 1 aromatic carbocycles. The molecule has 0 saturated heterocycles. The van der Waals surface area contributed by atoms with Crippen LogP contribution in [0.15, 0.2) is 30.3 Å². The Morgan fingerprint density at radius 3 is 2.26 bits per heavy atom. The van der Waals surface area contributed by atoms with Crippen LogP contribution in [-0.2, 0) is 11.3 Å². The van der Waals surface area contributed by atoms with Crippen molar-refractivity contribution in [2.75, 3.05) is 6.54 Å². The summed E-state index contributed by atoms with van der Waals surface area (Å²) in [5.74, 6) is -0.114. The van der Waals surface area contributed by atoms with Crippen LogP contribution in [-0.4, -0.2) is 23.7 Å². The van der Waals surface area contributed by atoms with Gasteiger partial charge >= 0.3 is 5.97 Å². The number of benzene rings is 1. The number of rotatable bonds is 6. The molecule has 0 aliphatic heterocycles. The molecule has 1 unspecified atom stereocenters. The number of nitrogens with one attached hydrogen (secondary N) is 1. The molecular weight excluding hydrogens is 240 g/mol. The molecule has 0 amide bonds. The number of carbonyl (C=O) groups is 1. The Kier molecular flexibility index (Phi) is 9.75. The Morgan fingerprint density at radius 1 is 1.26 bits per heavy atom. The van der Waals surface area contributed by atoms with Crippen LogP contribution in [0.1, 0.15) is 32.8 Å². The summed E-state index contributed by atoms with van der Waals surface area (Å²) in [6.45, 7) is 7.86. The lowest BCUT2D eigenvalue weighted by molar-refractivity contribution is -0.138. The van der Waals surface area contributed by atoms with Crippen LogP contribution in [0.3, 0.4) is 0 Å². The maximum Gasteiger partial charge on any atom is 0.320 e. The second-order valence-electron chi connectivity index (χ2n) is 5.13. The Morgan fingerprint density at radius 2 is 1.79 bits per heavy atom. The van der Waals surface area contributed by atoms with Gasteiger partial charge in [-0.05, 0) is 24.4 Å². The van der Waals surface area contributed by atoms with E-state index in [1.807, 2.05) is 30.3 Å². The van der Waals surface area contributed by atoms with E-state index in [1.165, 1.54) is 5.56 Å². The van der Waals surface area contributed by atoms with Crippen LogP contribution in [0, 0.1) is 5.92 Å². The van der Waals surface area contributed by atoms with Gasteiger partial charge in [-0.2, -0.15) is 0 Å². The SMILES string of the molecule is CC(C)C.NC(CCNCc1ccccc1)C(=O)O. The summed E-state index contributed by atoms with van der Waals surface area (Å²) in [7, 11) is 0. The van der Waals surface area contributed by atoms with Gasteiger partial charge in [0.25, 0.3) is 0 Å². The highest BCUT2D eigenvalue weighted by molar-refractivity contribution is 5.72. The van der Waals surface area contributed by atoms with Gasteiger partial charge in [0.05, 0.1) is 0 Å². The topological polar surface area (TPSA) is 75.3 Å². The maximum absolute atomic E-state index is 10.4. The van der Waals surface area contributed by atoms with Crippen molar-refractivity contribution in [3.63, 3.8) is 0 Å². The fourth-order valence-corrected chi connectivity index (χ4v) is 1.21. The first-order valence-electron chi connectivity index (χ1n) is 6.66. The number of carboxylic acid groups (broad SMARTS) is 1. The molecule has 4 heteroatoms. The van der Waals surface area contributed by atoms with Crippen molar-refractivity contribution < 1.29 is 9.90 Å². The molecule has 4 nitrogen and oxygen atoms in total.